The lowest BCUT2D eigenvalue weighted by Crippen LogP contribution is -2.32. The number of nitrogens with zero attached hydrogens (tertiary/aromatic N) is 2. The van der Waals surface area contributed by atoms with Gasteiger partial charge in [-0.15, -0.1) is 0 Å². The molecule has 0 unspecified atom stereocenters. The van der Waals surface area contributed by atoms with Crippen LogP contribution in [0.2, 0.25) is 0 Å². The molecule has 22 heavy (non-hydrogen) atoms. The number of carbonyl (C=O) groups excluding carboxylic acids is 2. The minimum Gasteiger partial charge on any atom is -0.495 e. The van der Waals surface area contributed by atoms with Crippen molar-refractivity contribution in [3.63, 3.8) is 0 Å². The Morgan fingerprint density at radius 2 is 1.86 bits per heavy atom. The van der Waals surface area contributed by atoms with Crippen molar-refractivity contribution in [2.45, 2.75) is 0 Å². The van der Waals surface area contributed by atoms with Crippen LogP contribution in [0, 0.1) is 0 Å². The van der Waals surface area contributed by atoms with E-state index < -0.39 is 11.8 Å². The second-order valence-corrected chi connectivity index (χ2v) is 4.13. The van der Waals surface area contributed by atoms with Crippen LogP contribution < -0.4 is 15.5 Å². The van der Waals surface area contributed by atoms with Gasteiger partial charge in [-0.05, 0) is 29.8 Å². The maximum atomic E-state index is 11.8. The Balaban J connectivity index is 1.92. The van der Waals surface area contributed by atoms with Crippen LogP contribution in [0.15, 0.2) is 53.9 Å². The molecular weight excluding hydrogens is 284 g/mol. The van der Waals surface area contributed by atoms with Crippen molar-refractivity contribution in [3.05, 3.63) is 54.4 Å². The van der Waals surface area contributed by atoms with Crippen LogP contribution in [-0.2, 0) is 9.59 Å². The number of carbonyl (C=O) groups is 2. The molecule has 0 bridgehead atoms. The van der Waals surface area contributed by atoms with Crippen LogP contribution in [0.5, 0.6) is 5.75 Å². The van der Waals surface area contributed by atoms with Gasteiger partial charge in [0, 0.05) is 12.4 Å². The van der Waals surface area contributed by atoms with E-state index in [0.717, 1.165) is 5.56 Å². The molecule has 0 saturated heterocycles. The van der Waals surface area contributed by atoms with Gasteiger partial charge in [-0.25, -0.2) is 5.43 Å². The Morgan fingerprint density at radius 1 is 1.14 bits per heavy atom. The fourth-order valence-electron chi connectivity index (χ4n) is 1.59. The molecule has 0 aliphatic rings. The van der Waals surface area contributed by atoms with Gasteiger partial charge in [0.15, 0.2) is 0 Å². The molecular formula is C15H14N4O3. The van der Waals surface area contributed by atoms with Gasteiger partial charge in [-0.2, -0.15) is 5.10 Å². The molecule has 2 aromatic rings. The maximum absolute atomic E-state index is 11.8. The first-order chi connectivity index (χ1) is 10.7. The maximum Gasteiger partial charge on any atom is 0.329 e. The Bertz CT molecular complexity index is 686. The molecule has 0 saturated carbocycles. The van der Waals surface area contributed by atoms with Crippen LogP contribution in [0.3, 0.4) is 0 Å². The Morgan fingerprint density at radius 3 is 2.59 bits per heavy atom. The Hall–Kier alpha value is -3.22. The van der Waals surface area contributed by atoms with E-state index in [1.807, 2.05) is 0 Å². The number of hydrogen-bond acceptors (Lipinski definition) is 5. The quantitative estimate of drug-likeness (QED) is 0.503. The summed E-state index contributed by atoms with van der Waals surface area (Å²) in [7, 11) is 1.48. The molecule has 0 radical (unpaired) electrons. The molecule has 112 valence electrons. The lowest BCUT2D eigenvalue weighted by atomic mass is 10.3. The summed E-state index contributed by atoms with van der Waals surface area (Å²) >= 11 is 0. The summed E-state index contributed by atoms with van der Waals surface area (Å²) < 4.78 is 5.08. The molecule has 2 rings (SSSR count). The molecule has 1 aromatic heterocycles. The van der Waals surface area contributed by atoms with E-state index >= 15 is 0 Å². The number of anilines is 1. The van der Waals surface area contributed by atoms with Crippen LogP contribution >= 0.6 is 0 Å². The second kappa shape index (κ2) is 7.53. The molecule has 0 aliphatic heterocycles. The second-order valence-electron chi connectivity index (χ2n) is 4.13. The number of nitrogens with one attached hydrogen (secondary N) is 2. The van der Waals surface area contributed by atoms with Gasteiger partial charge in [-0.1, -0.05) is 12.1 Å². The SMILES string of the molecule is COc1ccccc1NC(=O)C(=O)N/N=C\c1ccncc1. The molecule has 0 aliphatic carbocycles. The lowest BCUT2D eigenvalue weighted by molar-refractivity contribution is -0.136. The Labute approximate surface area is 127 Å². The number of methoxy groups -OCH3 is 1. The van der Waals surface area contributed by atoms with Crippen molar-refractivity contribution in [2.75, 3.05) is 12.4 Å². The first kappa shape index (κ1) is 15.2. The molecule has 2 amide bonds. The molecule has 7 heteroatoms. The zero-order valence-electron chi connectivity index (χ0n) is 11.8. The number of pyridine rings is 1. The molecule has 0 spiro atoms. The number of hydrogen-bond donors (Lipinski definition) is 2. The van der Waals surface area contributed by atoms with E-state index in [-0.39, 0.29) is 0 Å². The first-order valence-corrected chi connectivity index (χ1v) is 6.38. The summed E-state index contributed by atoms with van der Waals surface area (Å²) in [5.41, 5.74) is 3.30. The highest BCUT2D eigenvalue weighted by molar-refractivity contribution is 6.39. The van der Waals surface area contributed by atoms with Crippen LogP contribution in [0.1, 0.15) is 5.56 Å². The first-order valence-electron chi connectivity index (χ1n) is 6.38. The Kier molecular flexibility index (Phi) is 5.20. The third-order valence-corrected chi connectivity index (χ3v) is 2.65. The summed E-state index contributed by atoms with van der Waals surface area (Å²) in [4.78, 5) is 27.3. The number of aromatic nitrogens is 1. The van der Waals surface area contributed by atoms with Gasteiger partial charge < -0.3 is 10.1 Å². The number of rotatable bonds is 4. The zero-order chi connectivity index (χ0) is 15.8. The summed E-state index contributed by atoms with van der Waals surface area (Å²) in [5.74, 6) is -1.25. The zero-order valence-corrected chi connectivity index (χ0v) is 11.8. The third-order valence-electron chi connectivity index (χ3n) is 2.65. The van der Waals surface area contributed by atoms with Crippen molar-refractivity contribution in [2.24, 2.45) is 5.10 Å². The fourth-order valence-corrected chi connectivity index (χ4v) is 1.59. The van der Waals surface area contributed by atoms with Gasteiger partial charge in [0.05, 0.1) is 19.0 Å². The number of para-hydroxylation sites is 2. The van der Waals surface area contributed by atoms with Gasteiger partial charge in [0.1, 0.15) is 5.75 Å². The van der Waals surface area contributed by atoms with Gasteiger partial charge in [0.2, 0.25) is 0 Å². The van der Waals surface area contributed by atoms with Crippen LogP contribution in [0.4, 0.5) is 5.69 Å². The minimum absolute atomic E-state index is 0.406. The number of amides is 2. The predicted molar refractivity (Wildman–Crippen MR) is 81.6 cm³/mol. The van der Waals surface area contributed by atoms with E-state index in [9.17, 15) is 9.59 Å². The summed E-state index contributed by atoms with van der Waals surface area (Å²) in [6.07, 6.45) is 4.60. The van der Waals surface area contributed by atoms with Crippen LogP contribution in [0.25, 0.3) is 0 Å². The van der Waals surface area contributed by atoms with Gasteiger partial charge >= 0.3 is 11.8 Å². The van der Waals surface area contributed by atoms with Crippen molar-refractivity contribution in [3.8, 4) is 5.75 Å². The van der Waals surface area contributed by atoms with E-state index in [1.54, 1.807) is 48.8 Å². The number of ether oxygens (including phenoxy) is 1. The average molecular weight is 298 g/mol. The third kappa shape index (κ3) is 4.14. The van der Waals surface area contributed by atoms with E-state index in [1.165, 1.54) is 13.3 Å². The number of benzene rings is 1. The molecule has 0 atom stereocenters. The monoisotopic (exact) mass is 298 g/mol. The van der Waals surface area contributed by atoms with Gasteiger partial charge in [0.25, 0.3) is 0 Å². The molecule has 2 N–H and O–H groups in total. The lowest BCUT2D eigenvalue weighted by Gasteiger charge is -2.08. The highest BCUT2D eigenvalue weighted by Gasteiger charge is 2.14. The highest BCUT2D eigenvalue weighted by Crippen LogP contribution is 2.22. The van der Waals surface area contributed by atoms with E-state index in [4.69, 9.17) is 4.74 Å². The van der Waals surface area contributed by atoms with E-state index in [0.29, 0.717) is 11.4 Å². The fraction of sp³-hybridized carbons (Fsp3) is 0.0667. The molecule has 1 aromatic carbocycles. The highest BCUT2D eigenvalue weighted by atomic mass is 16.5. The molecule has 0 fully saturated rings. The largest absolute Gasteiger partial charge is 0.495 e. The van der Waals surface area contributed by atoms with Crippen molar-refractivity contribution in [1.29, 1.82) is 0 Å². The van der Waals surface area contributed by atoms with E-state index in [2.05, 4.69) is 20.8 Å². The minimum atomic E-state index is -0.879. The van der Waals surface area contributed by atoms with Gasteiger partial charge in [-0.3, -0.25) is 14.6 Å². The standard InChI is InChI=1S/C15H14N4O3/c1-22-13-5-3-2-4-12(13)18-14(20)15(21)19-17-10-11-6-8-16-9-7-11/h2-10H,1H3,(H,18,20)(H,19,21)/b17-10-. The summed E-state index contributed by atoms with van der Waals surface area (Å²) in [6.45, 7) is 0. The molecule has 1 heterocycles. The van der Waals surface area contributed by atoms with Crippen molar-refractivity contribution < 1.29 is 14.3 Å². The topological polar surface area (TPSA) is 92.7 Å². The number of hydrazone groups is 1. The van der Waals surface area contributed by atoms with Crippen LogP contribution in [-0.4, -0.2) is 30.1 Å². The summed E-state index contributed by atoms with van der Waals surface area (Å²) in [5, 5.41) is 6.15. The average Bonchev–Trinajstić information content (AvgIpc) is 2.56. The summed E-state index contributed by atoms with van der Waals surface area (Å²) in [6, 6.07) is 10.2. The normalized spacial score (nSPS) is 10.2. The predicted octanol–water partition coefficient (Wildman–Crippen LogP) is 1.18. The smallest absolute Gasteiger partial charge is 0.329 e. The van der Waals surface area contributed by atoms with Crippen molar-refractivity contribution >= 4 is 23.7 Å². The molecule has 7 nitrogen and oxygen atoms in total. The van der Waals surface area contributed by atoms with Crippen molar-refractivity contribution in [1.82, 2.24) is 10.4 Å².